The molecular formula is C13H22N2O2S2. The molecule has 2 atom stereocenters. The van der Waals surface area contributed by atoms with E-state index in [1.807, 2.05) is 16.7 Å². The lowest BCUT2D eigenvalue weighted by Gasteiger charge is -2.35. The Morgan fingerprint density at radius 1 is 1.26 bits per heavy atom. The number of hydrogen-bond donors (Lipinski definition) is 0. The van der Waals surface area contributed by atoms with Crippen molar-refractivity contribution in [3.8, 4) is 0 Å². The summed E-state index contributed by atoms with van der Waals surface area (Å²) in [5, 5.41) is 0.104. The number of nitrogens with zero attached hydrogens (tertiary/aromatic N) is 2. The van der Waals surface area contributed by atoms with Gasteiger partial charge in [-0.2, -0.15) is 11.8 Å². The van der Waals surface area contributed by atoms with Crippen LogP contribution in [0, 0.1) is 5.92 Å². The lowest BCUT2D eigenvalue weighted by atomic mass is 9.96. The van der Waals surface area contributed by atoms with Gasteiger partial charge in [0.15, 0.2) is 0 Å². The fourth-order valence-corrected chi connectivity index (χ4v) is 5.21. The number of rotatable bonds is 2. The number of amides is 2. The van der Waals surface area contributed by atoms with Crippen molar-refractivity contribution < 1.29 is 9.59 Å². The molecule has 0 N–H and O–H groups in total. The monoisotopic (exact) mass is 302 g/mol. The molecule has 2 amide bonds. The molecule has 2 rings (SSSR count). The van der Waals surface area contributed by atoms with Gasteiger partial charge in [-0.1, -0.05) is 0 Å². The van der Waals surface area contributed by atoms with Crippen LogP contribution in [0.25, 0.3) is 0 Å². The fourth-order valence-electron chi connectivity index (χ4n) is 2.58. The summed E-state index contributed by atoms with van der Waals surface area (Å²) in [7, 11) is 3.58. The first-order valence-corrected chi connectivity index (χ1v) is 8.99. The number of thioether (sulfide) groups is 2. The van der Waals surface area contributed by atoms with Gasteiger partial charge in [0.1, 0.15) is 0 Å². The molecule has 108 valence electrons. The van der Waals surface area contributed by atoms with E-state index in [1.165, 1.54) is 0 Å². The summed E-state index contributed by atoms with van der Waals surface area (Å²) in [4.78, 5) is 28.0. The van der Waals surface area contributed by atoms with Crippen LogP contribution >= 0.6 is 23.5 Å². The molecule has 2 unspecified atom stereocenters. The third kappa shape index (κ3) is 3.81. The highest BCUT2D eigenvalue weighted by Crippen LogP contribution is 2.27. The molecule has 0 bridgehead atoms. The molecule has 2 heterocycles. The Bertz CT molecular complexity index is 344. The van der Waals surface area contributed by atoms with Crippen LogP contribution in [-0.2, 0) is 9.59 Å². The summed E-state index contributed by atoms with van der Waals surface area (Å²) in [6.07, 6.45) is 1.86. The first-order valence-electron chi connectivity index (χ1n) is 6.79. The average Bonchev–Trinajstić information content (AvgIpc) is 2.46. The molecule has 2 aliphatic rings. The van der Waals surface area contributed by atoms with Gasteiger partial charge in [-0.05, 0) is 12.8 Å². The summed E-state index contributed by atoms with van der Waals surface area (Å²) in [6.45, 7) is 1.43. The van der Waals surface area contributed by atoms with Crippen molar-refractivity contribution in [1.29, 1.82) is 0 Å². The second-order valence-corrected chi connectivity index (χ2v) is 7.75. The molecule has 0 aromatic carbocycles. The summed E-state index contributed by atoms with van der Waals surface area (Å²) in [6, 6.07) is 0. The number of likely N-dealkylation sites (tertiary alicyclic amines) is 1. The first-order chi connectivity index (χ1) is 9.09. The van der Waals surface area contributed by atoms with E-state index in [0.717, 1.165) is 36.6 Å². The second-order valence-electron chi connectivity index (χ2n) is 5.29. The van der Waals surface area contributed by atoms with E-state index in [-0.39, 0.29) is 23.0 Å². The van der Waals surface area contributed by atoms with E-state index in [9.17, 15) is 9.59 Å². The highest BCUT2D eigenvalue weighted by atomic mass is 32.2. The lowest BCUT2D eigenvalue weighted by Crippen LogP contribution is -2.48. The molecule has 0 aromatic rings. The van der Waals surface area contributed by atoms with Gasteiger partial charge in [0.25, 0.3) is 0 Å². The number of piperidine rings is 1. The van der Waals surface area contributed by atoms with Crippen LogP contribution in [0.4, 0.5) is 0 Å². The van der Waals surface area contributed by atoms with Gasteiger partial charge in [0.2, 0.25) is 11.8 Å². The third-order valence-corrected chi connectivity index (χ3v) is 6.36. The zero-order valence-corrected chi connectivity index (χ0v) is 13.3. The van der Waals surface area contributed by atoms with E-state index in [0.29, 0.717) is 6.54 Å². The Morgan fingerprint density at radius 2 is 2.05 bits per heavy atom. The molecule has 0 aromatic heterocycles. The molecule has 0 radical (unpaired) electrons. The Balaban J connectivity index is 1.92. The maximum atomic E-state index is 12.5. The van der Waals surface area contributed by atoms with Gasteiger partial charge in [-0.15, -0.1) is 11.8 Å². The summed E-state index contributed by atoms with van der Waals surface area (Å²) in [5.74, 6) is 3.53. The quantitative estimate of drug-likeness (QED) is 0.767. The van der Waals surface area contributed by atoms with E-state index < -0.39 is 0 Å². The van der Waals surface area contributed by atoms with Crippen molar-refractivity contribution in [3.05, 3.63) is 0 Å². The van der Waals surface area contributed by atoms with Crippen LogP contribution in [0.15, 0.2) is 0 Å². The maximum Gasteiger partial charge on any atom is 0.236 e. The predicted molar refractivity (Wildman–Crippen MR) is 81.6 cm³/mol. The number of carbonyl (C=O) groups is 2. The van der Waals surface area contributed by atoms with Crippen molar-refractivity contribution >= 4 is 35.3 Å². The van der Waals surface area contributed by atoms with Gasteiger partial charge in [0, 0.05) is 44.4 Å². The van der Waals surface area contributed by atoms with Gasteiger partial charge >= 0.3 is 0 Å². The SMILES string of the molecule is CN(C)C(=O)C1CCCN(C(=O)C2CSCCS2)C1. The fraction of sp³-hybridized carbons (Fsp3) is 0.846. The third-order valence-electron chi connectivity index (χ3n) is 3.61. The highest BCUT2D eigenvalue weighted by Gasteiger charge is 2.33. The zero-order valence-electron chi connectivity index (χ0n) is 11.6. The van der Waals surface area contributed by atoms with E-state index in [1.54, 1.807) is 30.8 Å². The molecule has 2 fully saturated rings. The van der Waals surface area contributed by atoms with E-state index in [4.69, 9.17) is 0 Å². The smallest absolute Gasteiger partial charge is 0.236 e. The Hall–Kier alpha value is -0.360. The molecule has 0 saturated carbocycles. The van der Waals surface area contributed by atoms with Gasteiger partial charge in [0.05, 0.1) is 11.2 Å². The van der Waals surface area contributed by atoms with Crippen LogP contribution < -0.4 is 0 Å². The molecule has 0 spiro atoms. The average molecular weight is 302 g/mol. The van der Waals surface area contributed by atoms with Crippen molar-refractivity contribution in [2.45, 2.75) is 18.1 Å². The van der Waals surface area contributed by atoms with E-state index >= 15 is 0 Å². The van der Waals surface area contributed by atoms with Crippen LogP contribution in [0.3, 0.4) is 0 Å². The Morgan fingerprint density at radius 3 is 2.68 bits per heavy atom. The zero-order chi connectivity index (χ0) is 13.8. The summed E-state index contributed by atoms with van der Waals surface area (Å²) in [5.41, 5.74) is 0. The first kappa shape index (κ1) is 15.0. The molecule has 6 heteroatoms. The minimum absolute atomic E-state index is 0.00561. The molecule has 19 heavy (non-hydrogen) atoms. The van der Waals surface area contributed by atoms with Crippen LogP contribution in [0.2, 0.25) is 0 Å². The highest BCUT2D eigenvalue weighted by molar-refractivity contribution is 8.07. The predicted octanol–water partition coefficient (Wildman–Crippen LogP) is 1.16. The minimum Gasteiger partial charge on any atom is -0.349 e. The van der Waals surface area contributed by atoms with Crippen LogP contribution in [-0.4, -0.2) is 71.3 Å². The largest absolute Gasteiger partial charge is 0.349 e. The molecule has 4 nitrogen and oxygen atoms in total. The molecular weight excluding hydrogens is 280 g/mol. The Kier molecular flexibility index (Phi) is 5.45. The topological polar surface area (TPSA) is 40.6 Å². The van der Waals surface area contributed by atoms with Gasteiger partial charge < -0.3 is 9.80 Å². The van der Waals surface area contributed by atoms with Crippen LogP contribution in [0.5, 0.6) is 0 Å². The molecule has 2 saturated heterocycles. The van der Waals surface area contributed by atoms with Gasteiger partial charge in [-0.25, -0.2) is 0 Å². The Labute approximate surface area is 123 Å². The van der Waals surface area contributed by atoms with Gasteiger partial charge in [-0.3, -0.25) is 9.59 Å². The maximum absolute atomic E-state index is 12.5. The van der Waals surface area contributed by atoms with Crippen molar-refractivity contribution in [2.75, 3.05) is 44.4 Å². The summed E-state index contributed by atoms with van der Waals surface area (Å²) >= 11 is 3.64. The normalized spacial score (nSPS) is 28.0. The van der Waals surface area contributed by atoms with E-state index in [2.05, 4.69) is 0 Å². The number of carbonyl (C=O) groups excluding carboxylic acids is 2. The van der Waals surface area contributed by atoms with Crippen LogP contribution in [0.1, 0.15) is 12.8 Å². The lowest BCUT2D eigenvalue weighted by molar-refractivity contribution is -0.138. The van der Waals surface area contributed by atoms with Crippen molar-refractivity contribution in [1.82, 2.24) is 9.80 Å². The molecule has 0 aliphatic carbocycles. The molecule has 2 aliphatic heterocycles. The standard InChI is InChI=1S/C13H22N2O2S2/c1-14(2)12(16)10-4-3-5-15(8-10)13(17)11-9-18-6-7-19-11/h10-11H,3-9H2,1-2H3. The van der Waals surface area contributed by atoms with Crippen molar-refractivity contribution in [3.63, 3.8) is 0 Å². The summed E-state index contributed by atoms with van der Waals surface area (Å²) < 4.78 is 0. The number of hydrogen-bond acceptors (Lipinski definition) is 4. The van der Waals surface area contributed by atoms with Crippen molar-refractivity contribution in [2.24, 2.45) is 5.92 Å². The minimum atomic E-state index is -0.00561. The second kappa shape index (κ2) is 6.88.